The van der Waals surface area contributed by atoms with Gasteiger partial charge in [0.1, 0.15) is 18.5 Å². The van der Waals surface area contributed by atoms with Crippen LogP contribution in [0.2, 0.25) is 0 Å². The molecule has 0 radical (unpaired) electrons. The molecule has 1 aromatic heterocycles. The molecule has 6 nitrogen and oxygen atoms in total. The van der Waals surface area contributed by atoms with Crippen LogP contribution in [-0.4, -0.2) is 47.0 Å². The van der Waals surface area contributed by atoms with Gasteiger partial charge in [0.25, 0.3) is 0 Å². The summed E-state index contributed by atoms with van der Waals surface area (Å²) in [5.74, 6) is 1.02. The van der Waals surface area contributed by atoms with Crippen LogP contribution in [0.25, 0.3) is 0 Å². The molecule has 0 atom stereocenters. The highest BCUT2D eigenvalue weighted by molar-refractivity contribution is 7.88. The number of hydrogen-bond acceptors (Lipinski definition) is 5. The highest BCUT2D eigenvalue weighted by Crippen LogP contribution is 2.25. The molecule has 88 valence electrons. The Morgan fingerprint density at radius 2 is 1.81 bits per heavy atom. The van der Waals surface area contributed by atoms with E-state index in [0.717, 1.165) is 18.7 Å². The highest BCUT2D eigenvalue weighted by Gasteiger charge is 2.26. The van der Waals surface area contributed by atoms with Crippen molar-refractivity contribution in [3.8, 4) is 0 Å². The lowest BCUT2D eigenvalue weighted by molar-refractivity contribution is 0.315. The molecule has 0 bridgehead atoms. The Labute approximate surface area is 94.8 Å². The van der Waals surface area contributed by atoms with Gasteiger partial charge >= 0.3 is 0 Å². The maximum Gasteiger partial charge on any atom is 0.211 e. The third-order valence-corrected chi connectivity index (χ3v) is 4.10. The lowest BCUT2D eigenvalue weighted by atomic mass is 9.97. The maximum absolute atomic E-state index is 11.3. The van der Waals surface area contributed by atoms with E-state index in [9.17, 15) is 8.42 Å². The van der Waals surface area contributed by atoms with Crippen LogP contribution >= 0.6 is 0 Å². The first-order valence-electron chi connectivity index (χ1n) is 5.14. The monoisotopic (exact) mass is 242 g/mol. The van der Waals surface area contributed by atoms with Gasteiger partial charge in [-0.2, -0.15) is 0 Å². The van der Waals surface area contributed by atoms with Gasteiger partial charge in [0.2, 0.25) is 10.0 Å². The summed E-state index contributed by atoms with van der Waals surface area (Å²) in [6.07, 6.45) is 5.75. The Bertz CT molecular complexity index is 440. The fourth-order valence-corrected chi connectivity index (χ4v) is 2.78. The molecule has 0 aliphatic carbocycles. The van der Waals surface area contributed by atoms with E-state index in [-0.39, 0.29) is 5.92 Å². The Morgan fingerprint density at radius 3 is 2.31 bits per heavy atom. The molecule has 1 aliphatic rings. The molecule has 2 heterocycles. The van der Waals surface area contributed by atoms with Crippen molar-refractivity contribution in [1.29, 1.82) is 0 Å². The molecule has 1 aromatic rings. The first-order valence-corrected chi connectivity index (χ1v) is 6.99. The van der Waals surface area contributed by atoms with Crippen molar-refractivity contribution < 1.29 is 8.42 Å². The molecular weight excluding hydrogens is 228 g/mol. The minimum atomic E-state index is -3.05. The van der Waals surface area contributed by atoms with Crippen LogP contribution in [0, 0.1) is 0 Å². The number of nitrogens with zero attached hydrogens (tertiary/aromatic N) is 4. The number of sulfonamides is 1. The molecule has 2 rings (SSSR count). The molecule has 0 aromatic carbocycles. The van der Waals surface area contributed by atoms with E-state index in [1.807, 2.05) is 0 Å². The standard InChI is InChI=1S/C9H14N4O2S/c1-16(14,15)13-4-2-8(3-5-13)9-11-6-10-7-12-9/h6-8H,2-5H2,1H3. The third kappa shape index (κ3) is 2.53. The molecule has 0 spiro atoms. The van der Waals surface area contributed by atoms with Crippen molar-refractivity contribution in [2.75, 3.05) is 19.3 Å². The quantitative estimate of drug-likeness (QED) is 0.730. The lowest BCUT2D eigenvalue weighted by Crippen LogP contribution is -2.37. The SMILES string of the molecule is CS(=O)(=O)N1CCC(c2ncncn2)CC1. The van der Waals surface area contributed by atoms with Crippen molar-refractivity contribution in [2.24, 2.45) is 0 Å². The van der Waals surface area contributed by atoms with Crippen LogP contribution in [0.3, 0.4) is 0 Å². The van der Waals surface area contributed by atoms with Crippen molar-refractivity contribution in [2.45, 2.75) is 18.8 Å². The number of rotatable bonds is 2. The average Bonchev–Trinajstić information content (AvgIpc) is 2.29. The van der Waals surface area contributed by atoms with Crippen molar-refractivity contribution in [1.82, 2.24) is 19.3 Å². The van der Waals surface area contributed by atoms with Crippen LogP contribution in [-0.2, 0) is 10.0 Å². The molecule has 0 unspecified atom stereocenters. The van der Waals surface area contributed by atoms with Gasteiger partial charge in [-0.3, -0.25) is 0 Å². The van der Waals surface area contributed by atoms with Crippen molar-refractivity contribution in [3.63, 3.8) is 0 Å². The zero-order valence-electron chi connectivity index (χ0n) is 9.07. The Kier molecular flexibility index (Phi) is 3.15. The van der Waals surface area contributed by atoms with E-state index >= 15 is 0 Å². The van der Waals surface area contributed by atoms with E-state index in [2.05, 4.69) is 15.0 Å². The van der Waals surface area contributed by atoms with Gasteiger partial charge in [-0.1, -0.05) is 0 Å². The summed E-state index contributed by atoms with van der Waals surface area (Å²) in [6.45, 7) is 1.10. The normalized spacial score (nSPS) is 19.8. The molecule has 1 saturated heterocycles. The molecule has 0 amide bonds. The van der Waals surface area contributed by atoms with Crippen LogP contribution in [0.5, 0.6) is 0 Å². The predicted molar refractivity (Wildman–Crippen MR) is 58.2 cm³/mol. The minimum Gasteiger partial charge on any atom is -0.225 e. The summed E-state index contributed by atoms with van der Waals surface area (Å²) >= 11 is 0. The van der Waals surface area contributed by atoms with Gasteiger partial charge in [-0.05, 0) is 12.8 Å². The molecule has 1 aliphatic heterocycles. The summed E-state index contributed by atoms with van der Waals surface area (Å²) in [4.78, 5) is 12.0. The second kappa shape index (κ2) is 4.42. The summed E-state index contributed by atoms with van der Waals surface area (Å²) in [5, 5.41) is 0. The van der Waals surface area contributed by atoms with Crippen LogP contribution in [0.15, 0.2) is 12.7 Å². The maximum atomic E-state index is 11.3. The summed E-state index contributed by atoms with van der Waals surface area (Å²) < 4.78 is 24.1. The van der Waals surface area contributed by atoms with E-state index in [4.69, 9.17) is 0 Å². The van der Waals surface area contributed by atoms with Crippen LogP contribution in [0.1, 0.15) is 24.6 Å². The summed E-state index contributed by atoms with van der Waals surface area (Å²) in [6, 6.07) is 0. The van der Waals surface area contributed by atoms with E-state index < -0.39 is 10.0 Å². The summed E-state index contributed by atoms with van der Waals surface area (Å²) in [7, 11) is -3.05. The molecule has 16 heavy (non-hydrogen) atoms. The van der Waals surface area contributed by atoms with Gasteiger partial charge in [0.05, 0.1) is 6.26 Å². The van der Waals surface area contributed by atoms with Crippen LogP contribution < -0.4 is 0 Å². The molecule has 0 saturated carbocycles. The van der Waals surface area contributed by atoms with Gasteiger partial charge < -0.3 is 0 Å². The van der Waals surface area contributed by atoms with Gasteiger partial charge in [0.15, 0.2) is 0 Å². The van der Waals surface area contributed by atoms with Gasteiger partial charge in [-0.25, -0.2) is 27.7 Å². The first kappa shape index (κ1) is 11.4. The topological polar surface area (TPSA) is 76.1 Å². The molecule has 1 fully saturated rings. The summed E-state index contributed by atoms with van der Waals surface area (Å²) in [5.41, 5.74) is 0. The largest absolute Gasteiger partial charge is 0.225 e. The second-order valence-corrected chi connectivity index (χ2v) is 5.92. The molecular formula is C9H14N4O2S. The molecule has 7 heteroatoms. The fourth-order valence-electron chi connectivity index (χ4n) is 1.90. The van der Waals surface area contributed by atoms with E-state index in [0.29, 0.717) is 13.1 Å². The van der Waals surface area contributed by atoms with Gasteiger partial charge in [0, 0.05) is 19.0 Å². The predicted octanol–water partition coefficient (Wildman–Crippen LogP) is 0.0106. The highest BCUT2D eigenvalue weighted by atomic mass is 32.2. The second-order valence-electron chi connectivity index (χ2n) is 3.93. The number of piperidine rings is 1. The Hall–Kier alpha value is -1.08. The number of aromatic nitrogens is 3. The first-order chi connectivity index (χ1) is 7.57. The zero-order valence-corrected chi connectivity index (χ0v) is 9.89. The number of hydrogen-bond donors (Lipinski definition) is 0. The van der Waals surface area contributed by atoms with Gasteiger partial charge in [-0.15, -0.1) is 0 Å². The smallest absolute Gasteiger partial charge is 0.211 e. The third-order valence-electron chi connectivity index (χ3n) is 2.80. The van der Waals surface area contributed by atoms with Crippen molar-refractivity contribution in [3.05, 3.63) is 18.5 Å². The average molecular weight is 242 g/mol. The minimum absolute atomic E-state index is 0.251. The fraction of sp³-hybridized carbons (Fsp3) is 0.667. The lowest BCUT2D eigenvalue weighted by Gasteiger charge is -2.29. The van der Waals surface area contributed by atoms with E-state index in [1.54, 1.807) is 0 Å². The van der Waals surface area contributed by atoms with E-state index in [1.165, 1.54) is 23.2 Å². The van der Waals surface area contributed by atoms with Crippen LogP contribution in [0.4, 0.5) is 0 Å². The molecule has 0 N–H and O–H groups in total. The Morgan fingerprint density at radius 1 is 1.25 bits per heavy atom. The van der Waals surface area contributed by atoms with Crippen molar-refractivity contribution >= 4 is 10.0 Å². The Balaban J connectivity index is 2.01. The zero-order chi connectivity index (χ0) is 11.6.